The van der Waals surface area contributed by atoms with Crippen LogP contribution in [0.4, 0.5) is 0 Å². The Morgan fingerprint density at radius 2 is 2.07 bits per heavy atom. The van der Waals surface area contributed by atoms with Gasteiger partial charge in [0.2, 0.25) is 0 Å². The summed E-state index contributed by atoms with van der Waals surface area (Å²) < 4.78 is 33.4. The molecule has 2 heteroatoms. The maximum Gasteiger partial charge on any atom is 0.0752 e. The molecule has 14 heavy (non-hydrogen) atoms. The van der Waals surface area contributed by atoms with E-state index in [0.717, 1.165) is 0 Å². The SMILES string of the molecule is [2H]c1sc2c([2H])c(C(C)(C)C)c([2H])c([2H])c2c1Br. The van der Waals surface area contributed by atoms with Crippen LogP contribution in [0.5, 0.6) is 0 Å². The van der Waals surface area contributed by atoms with E-state index in [1.165, 1.54) is 11.3 Å². The van der Waals surface area contributed by atoms with Gasteiger partial charge in [-0.2, -0.15) is 0 Å². The minimum atomic E-state index is -0.350. The van der Waals surface area contributed by atoms with Crippen LogP contribution in [0.3, 0.4) is 0 Å². The van der Waals surface area contributed by atoms with Crippen molar-refractivity contribution < 1.29 is 5.48 Å². The summed E-state index contributed by atoms with van der Waals surface area (Å²) in [4.78, 5) is 0. The quantitative estimate of drug-likeness (QED) is 0.636. The number of benzene rings is 1. The maximum absolute atomic E-state index is 8.25. The summed E-state index contributed by atoms with van der Waals surface area (Å²) in [5.74, 6) is 0. The molecule has 1 aromatic heterocycles. The highest BCUT2D eigenvalue weighted by molar-refractivity contribution is 9.10. The van der Waals surface area contributed by atoms with Crippen molar-refractivity contribution in [3.05, 3.63) is 33.5 Å². The van der Waals surface area contributed by atoms with E-state index in [2.05, 4.69) is 15.9 Å². The zero-order chi connectivity index (χ0) is 13.8. The first kappa shape index (κ1) is 6.29. The van der Waals surface area contributed by atoms with Crippen LogP contribution < -0.4 is 0 Å². The van der Waals surface area contributed by atoms with Gasteiger partial charge in [-0.15, -0.1) is 11.3 Å². The van der Waals surface area contributed by atoms with Crippen LogP contribution in [0.1, 0.15) is 31.8 Å². The molecule has 0 atom stereocenters. The van der Waals surface area contributed by atoms with E-state index in [4.69, 9.17) is 5.48 Å². The topological polar surface area (TPSA) is 0 Å². The molecular formula is C12H13BrS. The fourth-order valence-corrected chi connectivity index (χ4v) is 2.52. The molecule has 0 fully saturated rings. The first-order chi connectivity index (χ1) is 8.16. The molecule has 0 saturated carbocycles. The zero-order valence-electron chi connectivity index (χ0n) is 12.3. The number of hydrogen-bond acceptors (Lipinski definition) is 1. The second-order valence-corrected chi connectivity index (χ2v) is 5.83. The van der Waals surface area contributed by atoms with Gasteiger partial charge in [-0.05, 0) is 33.0 Å². The van der Waals surface area contributed by atoms with Crippen LogP contribution in [0, 0.1) is 0 Å². The van der Waals surface area contributed by atoms with Gasteiger partial charge in [0.1, 0.15) is 0 Å². The Kier molecular flexibility index (Phi) is 1.51. The van der Waals surface area contributed by atoms with Gasteiger partial charge in [-0.1, -0.05) is 32.9 Å². The summed E-state index contributed by atoms with van der Waals surface area (Å²) >= 11 is 4.47. The lowest BCUT2D eigenvalue weighted by Crippen LogP contribution is -2.10. The third-order valence-corrected chi connectivity index (χ3v) is 3.66. The molecule has 0 N–H and O–H groups in total. The van der Waals surface area contributed by atoms with E-state index in [9.17, 15) is 0 Å². The average molecular weight is 273 g/mol. The van der Waals surface area contributed by atoms with Gasteiger partial charge < -0.3 is 0 Å². The summed E-state index contributed by atoms with van der Waals surface area (Å²) in [5, 5.41) is 0.824. The average Bonchev–Trinajstić information content (AvgIpc) is 2.51. The number of thiophene rings is 1. The Hall–Kier alpha value is -0.340. The second kappa shape index (κ2) is 3.35. The van der Waals surface area contributed by atoms with E-state index in [0.29, 0.717) is 25.5 Å². The van der Waals surface area contributed by atoms with Crippen molar-refractivity contribution in [1.82, 2.24) is 0 Å². The van der Waals surface area contributed by atoms with Crippen LogP contribution in [0.2, 0.25) is 0 Å². The largest absolute Gasteiger partial charge is 0.143 e. The predicted molar refractivity (Wildman–Crippen MR) is 68.2 cm³/mol. The van der Waals surface area contributed by atoms with Crippen molar-refractivity contribution >= 4 is 37.4 Å². The molecule has 0 saturated heterocycles. The summed E-state index contributed by atoms with van der Waals surface area (Å²) in [7, 11) is 0. The van der Waals surface area contributed by atoms with Gasteiger partial charge in [0.05, 0.1) is 5.48 Å². The molecule has 2 rings (SSSR count). The van der Waals surface area contributed by atoms with Crippen molar-refractivity contribution in [2.24, 2.45) is 0 Å². The van der Waals surface area contributed by atoms with E-state index >= 15 is 0 Å². The first-order valence-corrected chi connectivity index (χ1v) is 5.96. The third-order valence-electron chi connectivity index (χ3n) is 1.99. The van der Waals surface area contributed by atoms with Crippen molar-refractivity contribution in [3.63, 3.8) is 0 Å². The van der Waals surface area contributed by atoms with E-state index in [-0.39, 0.29) is 23.5 Å². The lowest BCUT2D eigenvalue weighted by atomic mass is 9.87. The molecule has 0 nitrogen and oxygen atoms in total. The van der Waals surface area contributed by atoms with Crippen molar-refractivity contribution in [2.45, 2.75) is 26.2 Å². The Bertz CT molecular complexity index is 640. The molecule has 0 bridgehead atoms. The summed E-state index contributed by atoms with van der Waals surface area (Å²) in [5.41, 5.74) is 0.227. The molecule has 0 spiro atoms. The van der Waals surface area contributed by atoms with Crippen LogP contribution in [0.25, 0.3) is 10.1 Å². The van der Waals surface area contributed by atoms with Crippen LogP contribution in [-0.4, -0.2) is 0 Å². The molecular weight excluding hydrogens is 256 g/mol. The third kappa shape index (κ3) is 1.73. The summed E-state index contributed by atoms with van der Waals surface area (Å²) in [6.07, 6.45) is 0. The number of rotatable bonds is 0. The lowest BCUT2D eigenvalue weighted by molar-refractivity contribution is 0.591. The van der Waals surface area contributed by atoms with Gasteiger partial charge in [0.15, 0.2) is 0 Å². The van der Waals surface area contributed by atoms with Crippen LogP contribution in [-0.2, 0) is 5.41 Å². The number of fused-ring (bicyclic) bond motifs is 1. The van der Waals surface area contributed by atoms with Gasteiger partial charge in [-0.25, -0.2) is 0 Å². The Morgan fingerprint density at radius 3 is 2.71 bits per heavy atom. The maximum atomic E-state index is 8.25. The molecule has 0 aliphatic carbocycles. The first-order valence-electron chi connectivity index (χ1n) is 6.35. The minimum Gasteiger partial charge on any atom is -0.143 e. The fourth-order valence-electron chi connectivity index (χ4n) is 1.14. The van der Waals surface area contributed by atoms with E-state index in [1.54, 1.807) is 0 Å². The standard InChI is InChI=1S/C12H13BrS/c1-12(2,3)8-4-5-9-10(13)7-14-11(9)6-8/h4-7H,1-3H3/i4D,5D,6D,7D. The van der Waals surface area contributed by atoms with Crippen LogP contribution >= 0.6 is 27.3 Å². The number of hydrogen-bond donors (Lipinski definition) is 0. The Balaban J connectivity index is 3.02. The molecule has 2 aromatic rings. The smallest absolute Gasteiger partial charge is 0.0752 e. The van der Waals surface area contributed by atoms with Crippen molar-refractivity contribution in [2.75, 3.05) is 0 Å². The Labute approximate surface area is 103 Å². The van der Waals surface area contributed by atoms with Crippen LogP contribution in [0.15, 0.2) is 28.0 Å². The van der Waals surface area contributed by atoms with Gasteiger partial charge in [0, 0.05) is 19.9 Å². The molecule has 0 radical (unpaired) electrons. The van der Waals surface area contributed by atoms with Gasteiger partial charge in [0.25, 0.3) is 0 Å². The summed E-state index contributed by atoms with van der Waals surface area (Å²) in [6, 6.07) is 0.480. The lowest BCUT2D eigenvalue weighted by Gasteiger charge is -2.18. The molecule has 0 aliphatic heterocycles. The molecule has 0 unspecified atom stereocenters. The Morgan fingerprint density at radius 1 is 1.36 bits per heavy atom. The molecule has 74 valence electrons. The normalized spacial score (nSPS) is 16.3. The highest BCUT2D eigenvalue weighted by atomic mass is 79.9. The predicted octanol–water partition coefficient (Wildman–Crippen LogP) is 4.96. The van der Waals surface area contributed by atoms with E-state index < -0.39 is 0 Å². The van der Waals surface area contributed by atoms with Gasteiger partial charge >= 0.3 is 0 Å². The highest BCUT2D eigenvalue weighted by Gasteiger charge is 2.14. The zero-order valence-corrected chi connectivity index (χ0v) is 10.7. The fraction of sp³-hybridized carbons (Fsp3) is 0.333. The molecule has 0 amide bonds. The summed E-state index contributed by atoms with van der Waals surface area (Å²) in [6.45, 7) is 5.82. The van der Waals surface area contributed by atoms with Gasteiger partial charge in [-0.3, -0.25) is 0 Å². The molecule has 1 aromatic carbocycles. The molecule has 1 heterocycles. The molecule has 0 aliphatic rings. The minimum absolute atomic E-state index is 0.0958. The monoisotopic (exact) mass is 272 g/mol. The van der Waals surface area contributed by atoms with Crippen molar-refractivity contribution in [1.29, 1.82) is 0 Å². The highest BCUT2D eigenvalue weighted by Crippen LogP contribution is 2.33. The van der Waals surface area contributed by atoms with E-state index in [1.807, 2.05) is 20.8 Å². The number of halogens is 1. The second-order valence-electron chi connectivity index (χ2n) is 4.22. The van der Waals surface area contributed by atoms with Crippen molar-refractivity contribution in [3.8, 4) is 0 Å².